The lowest BCUT2D eigenvalue weighted by molar-refractivity contribution is -0.147. The molecule has 7 nitrogen and oxygen atoms in total. The fourth-order valence-corrected chi connectivity index (χ4v) is 4.45. The summed E-state index contributed by atoms with van der Waals surface area (Å²) < 4.78 is 5.78. The number of aryl methyl sites for hydroxylation is 1. The third-order valence-corrected chi connectivity index (χ3v) is 6.85. The van der Waals surface area contributed by atoms with Gasteiger partial charge in [0.15, 0.2) is 6.61 Å². The second-order valence-corrected chi connectivity index (χ2v) is 8.99. The predicted octanol–water partition coefficient (Wildman–Crippen LogP) is 5.40. The van der Waals surface area contributed by atoms with Crippen molar-refractivity contribution in [1.29, 1.82) is 0 Å². The second kappa shape index (κ2) is 9.97. The Balaban J connectivity index is 1.65. The number of carbonyl (C=O) groups is 4. The third kappa shape index (κ3) is 4.75. The van der Waals surface area contributed by atoms with Crippen molar-refractivity contribution in [3.8, 4) is 0 Å². The van der Waals surface area contributed by atoms with Gasteiger partial charge in [0.2, 0.25) is 0 Å². The van der Waals surface area contributed by atoms with Crippen LogP contribution in [0.1, 0.15) is 33.2 Å². The molecule has 0 unspecified atom stereocenters. The van der Waals surface area contributed by atoms with E-state index in [1.54, 1.807) is 12.1 Å². The average Bonchev–Trinajstić information content (AvgIpc) is 3.00. The van der Waals surface area contributed by atoms with Crippen molar-refractivity contribution in [2.24, 2.45) is 0 Å². The van der Waals surface area contributed by atoms with Crippen LogP contribution < -0.4 is 5.32 Å². The van der Waals surface area contributed by atoms with E-state index in [1.807, 2.05) is 13.0 Å². The number of nitrogens with zero attached hydrogens (tertiary/aromatic N) is 1. The highest BCUT2D eigenvalue weighted by molar-refractivity contribution is 9.10. The molecule has 0 saturated carbocycles. The summed E-state index contributed by atoms with van der Waals surface area (Å²) in [4.78, 5) is 50.2. The summed E-state index contributed by atoms with van der Waals surface area (Å²) in [6.45, 7) is 0.568. The number of carbonyl (C=O) groups excluding carboxylic acids is 4. The quantitative estimate of drug-likeness (QED) is 0.213. The monoisotopic (exact) mass is 580 g/mol. The van der Waals surface area contributed by atoms with Crippen molar-refractivity contribution in [2.75, 3.05) is 18.5 Å². The van der Waals surface area contributed by atoms with Gasteiger partial charge in [-0.1, -0.05) is 69.3 Å². The molecule has 0 fully saturated rings. The Morgan fingerprint density at radius 1 is 1.00 bits per heavy atom. The fraction of sp³-hybridized carbons (Fsp3) is 0.200. The Kier molecular flexibility index (Phi) is 7.73. The minimum Gasteiger partial charge on any atom is -0.454 e. The van der Waals surface area contributed by atoms with E-state index in [1.165, 1.54) is 0 Å². The molecule has 1 aliphatic heterocycles. The smallest absolute Gasteiger partial charge is 0.326 e. The van der Waals surface area contributed by atoms with Crippen molar-refractivity contribution in [1.82, 2.24) is 4.90 Å². The zero-order chi connectivity index (χ0) is 23.7. The van der Waals surface area contributed by atoms with Crippen LogP contribution >= 0.6 is 62.3 Å². The van der Waals surface area contributed by atoms with Gasteiger partial charge in [-0.3, -0.25) is 24.1 Å². The predicted molar refractivity (Wildman–Crippen MR) is 125 cm³/mol. The van der Waals surface area contributed by atoms with Gasteiger partial charge in [-0.15, -0.1) is 0 Å². The number of hydrogen-bond donors (Lipinski definition) is 1. The highest BCUT2D eigenvalue weighted by atomic mass is 79.9. The van der Waals surface area contributed by atoms with E-state index in [2.05, 4.69) is 21.2 Å². The number of anilines is 1. The normalized spacial score (nSPS) is 12.8. The Hall–Kier alpha value is -1.84. The van der Waals surface area contributed by atoms with Crippen LogP contribution in [0.15, 0.2) is 22.7 Å². The molecule has 0 aromatic heterocycles. The maximum absolute atomic E-state index is 12.6. The van der Waals surface area contributed by atoms with Gasteiger partial charge in [-0.05, 0) is 30.2 Å². The van der Waals surface area contributed by atoms with Gasteiger partial charge in [0.1, 0.15) is 6.54 Å². The molecule has 32 heavy (non-hydrogen) atoms. The molecule has 0 spiro atoms. The van der Waals surface area contributed by atoms with E-state index in [-0.39, 0.29) is 31.2 Å². The SMILES string of the molecule is CCc1cc(Br)ccc1NC(=O)COC(=O)CN1C(=O)c2c(Cl)c(Cl)c(Cl)c(Cl)c2C1=O. The van der Waals surface area contributed by atoms with E-state index < -0.39 is 36.8 Å². The summed E-state index contributed by atoms with van der Waals surface area (Å²) in [6, 6.07) is 5.33. The molecule has 2 aromatic carbocycles. The molecule has 0 atom stereocenters. The maximum Gasteiger partial charge on any atom is 0.326 e. The summed E-state index contributed by atoms with van der Waals surface area (Å²) in [7, 11) is 0. The number of imide groups is 1. The van der Waals surface area contributed by atoms with E-state index in [9.17, 15) is 19.2 Å². The minimum atomic E-state index is -0.981. The van der Waals surface area contributed by atoms with Crippen molar-refractivity contribution >= 4 is 91.7 Å². The number of fused-ring (bicyclic) bond motifs is 1. The summed E-state index contributed by atoms with van der Waals surface area (Å²) in [5.41, 5.74) is 0.971. The molecule has 168 valence electrons. The number of ether oxygens (including phenoxy) is 1. The summed E-state index contributed by atoms with van der Waals surface area (Å²) in [6.07, 6.45) is 0.674. The van der Waals surface area contributed by atoms with Crippen LogP contribution in [0.5, 0.6) is 0 Å². The number of amides is 3. The average molecular weight is 583 g/mol. The van der Waals surface area contributed by atoms with Gasteiger partial charge in [0.25, 0.3) is 17.7 Å². The van der Waals surface area contributed by atoms with Crippen molar-refractivity contribution in [2.45, 2.75) is 13.3 Å². The largest absolute Gasteiger partial charge is 0.454 e. The third-order valence-electron chi connectivity index (χ3n) is 4.56. The minimum absolute atomic E-state index is 0.182. The molecule has 1 heterocycles. The van der Waals surface area contributed by atoms with Crippen LogP contribution in [0.4, 0.5) is 5.69 Å². The number of benzene rings is 2. The maximum atomic E-state index is 12.6. The van der Waals surface area contributed by atoms with Gasteiger partial charge in [-0.25, -0.2) is 0 Å². The molecule has 0 radical (unpaired) electrons. The lowest BCUT2D eigenvalue weighted by Gasteiger charge is -2.14. The van der Waals surface area contributed by atoms with Crippen LogP contribution in [0.2, 0.25) is 20.1 Å². The van der Waals surface area contributed by atoms with Crippen LogP contribution in [-0.2, 0) is 20.7 Å². The standard InChI is InChI=1S/C20H13BrCl4N2O5/c1-2-8-5-9(21)3-4-10(8)26-11(28)7-32-12(29)6-27-19(30)13-14(20(27)31)16(23)18(25)17(24)15(13)22/h3-5H,2,6-7H2,1H3,(H,26,28). The molecule has 3 amide bonds. The highest BCUT2D eigenvalue weighted by Crippen LogP contribution is 2.44. The van der Waals surface area contributed by atoms with Gasteiger partial charge < -0.3 is 10.1 Å². The molecule has 0 saturated heterocycles. The van der Waals surface area contributed by atoms with E-state index in [0.29, 0.717) is 17.0 Å². The van der Waals surface area contributed by atoms with Crippen LogP contribution in [0, 0.1) is 0 Å². The first-order valence-electron chi connectivity index (χ1n) is 9.02. The van der Waals surface area contributed by atoms with E-state index in [4.69, 9.17) is 51.1 Å². The Bertz CT molecular complexity index is 1120. The van der Waals surface area contributed by atoms with Crippen LogP contribution in [0.25, 0.3) is 0 Å². The topological polar surface area (TPSA) is 92.8 Å². The fourth-order valence-electron chi connectivity index (χ4n) is 3.02. The van der Waals surface area contributed by atoms with Gasteiger partial charge in [0, 0.05) is 10.2 Å². The summed E-state index contributed by atoms with van der Waals surface area (Å²) in [5.74, 6) is -3.31. The number of hydrogen-bond acceptors (Lipinski definition) is 5. The van der Waals surface area contributed by atoms with E-state index >= 15 is 0 Å². The number of nitrogens with one attached hydrogen (secondary N) is 1. The zero-order valence-electron chi connectivity index (χ0n) is 16.2. The Labute approximate surface area is 211 Å². The number of esters is 1. The Morgan fingerprint density at radius 2 is 1.56 bits per heavy atom. The summed E-state index contributed by atoms with van der Waals surface area (Å²) in [5, 5.41) is 1.80. The number of halogens is 5. The molecular formula is C20H13BrCl4N2O5. The molecule has 2 aromatic rings. The van der Waals surface area contributed by atoms with Crippen LogP contribution in [0.3, 0.4) is 0 Å². The Morgan fingerprint density at radius 3 is 2.09 bits per heavy atom. The number of rotatable bonds is 6. The van der Waals surface area contributed by atoms with Gasteiger partial charge >= 0.3 is 5.97 Å². The first-order chi connectivity index (χ1) is 15.1. The lowest BCUT2D eigenvalue weighted by Crippen LogP contribution is -2.36. The van der Waals surface area contributed by atoms with E-state index in [0.717, 1.165) is 10.0 Å². The lowest BCUT2D eigenvalue weighted by atomic mass is 10.1. The molecule has 0 bridgehead atoms. The first-order valence-corrected chi connectivity index (χ1v) is 11.3. The van der Waals surface area contributed by atoms with Crippen molar-refractivity contribution < 1.29 is 23.9 Å². The molecular weight excluding hydrogens is 570 g/mol. The molecule has 12 heteroatoms. The first kappa shape index (κ1) is 24.8. The van der Waals surface area contributed by atoms with Gasteiger partial charge in [-0.2, -0.15) is 0 Å². The molecule has 3 rings (SSSR count). The molecule has 0 aliphatic carbocycles. The molecule has 1 N–H and O–H groups in total. The van der Waals surface area contributed by atoms with Gasteiger partial charge in [0.05, 0.1) is 31.2 Å². The summed E-state index contributed by atoms with van der Waals surface area (Å²) >= 11 is 27.3. The zero-order valence-corrected chi connectivity index (χ0v) is 20.8. The van der Waals surface area contributed by atoms with Crippen LogP contribution in [-0.4, -0.2) is 41.7 Å². The van der Waals surface area contributed by atoms with Crippen molar-refractivity contribution in [3.63, 3.8) is 0 Å². The van der Waals surface area contributed by atoms with Crippen molar-refractivity contribution in [3.05, 3.63) is 59.5 Å². The second-order valence-electron chi connectivity index (χ2n) is 6.57. The highest BCUT2D eigenvalue weighted by Gasteiger charge is 2.42. The molecule has 1 aliphatic rings.